The van der Waals surface area contributed by atoms with Crippen LogP contribution in [0.1, 0.15) is 31.9 Å². The summed E-state index contributed by atoms with van der Waals surface area (Å²) in [6.45, 7) is 6.41. The predicted octanol–water partition coefficient (Wildman–Crippen LogP) is 6.09. The van der Waals surface area contributed by atoms with Crippen LogP contribution in [-0.4, -0.2) is 43.8 Å². The number of benzene rings is 3. The second kappa shape index (κ2) is 13.0. The third kappa shape index (κ3) is 7.88. The van der Waals surface area contributed by atoms with E-state index in [9.17, 15) is 18.0 Å². The number of anilines is 1. The van der Waals surface area contributed by atoms with Crippen molar-refractivity contribution in [2.75, 3.05) is 10.8 Å². The zero-order valence-electron chi connectivity index (χ0n) is 22.0. The average molecular weight is 611 g/mol. The highest BCUT2D eigenvalue weighted by Crippen LogP contribution is 2.28. The van der Waals surface area contributed by atoms with Crippen molar-refractivity contribution in [2.45, 2.75) is 51.2 Å². The summed E-state index contributed by atoms with van der Waals surface area (Å²) in [7, 11) is -4.18. The van der Waals surface area contributed by atoms with Crippen molar-refractivity contribution in [3.63, 3.8) is 0 Å². The number of nitrogens with zero attached hydrogens (tertiary/aromatic N) is 2. The second-order valence-corrected chi connectivity index (χ2v) is 12.5. The van der Waals surface area contributed by atoms with E-state index in [0.717, 1.165) is 9.87 Å². The summed E-state index contributed by atoms with van der Waals surface area (Å²) in [6.07, 6.45) is 0. The maximum Gasteiger partial charge on any atom is 0.264 e. The molecule has 1 N–H and O–H groups in total. The normalized spacial score (nSPS) is 12.2. The molecule has 1 unspecified atom stereocenters. The Kier molecular flexibility index (Phi) is 10.3. The van der Waals surface area contributed by atoms with Crippen LogP contribution in [0.3, 0.4) is 0 Å². The molecule has 3 rings (SSSR count). The lowest BCUT2D eigenvalue weighted by Gasteiger charge is -2.32. The molecule has 3 aromatic carbocycles. The van der Waals surface area contributed by atoms with Crippen molar-refractivity contribution in [2.24, 2.45) is 0 Å². The van der Waals surface area contributed by atoms with Crippen LogP contribution in [-0.2, 0) is 26.2 Å². The average Bonchev–Trinajstić information content (AvgIpc) is 2.86. The van der Waals surface area contributed by atoms with Gasteiger partial charge >= 0.3 is 0 Å². The Bertz CT molecular complexity index is 1450. The van der Waals surface area contributed by atoms with Crippen LogP contribution in [0.5, 0.6) is 0 Å². The molecule has 0 aliphatic rings. The Morgan fingerprint density at radius 2 is 1.54 bits per heavy atom. The molecule has 0 aliphatic carbocycles. The van der Waals surface area contributed by atoms with Crippen LogP contribution in [0.15, 0.2) is 71.6 Å². The van der Waals surface area contributed by atoms with E-state index in [1.807, 2.05) is 20.8 Å². The van der Waals surface area contributed by atoms with Crippen LogP contribution >= 0.6 is 34.8 Å². The third-order valence-corrected chi connectivity index (χ3v) is 8.55. The summed E-state index contributed by atoms with van der Waals surface area (Å²) >= 11 is 18.6. The van der Waals surface area contributed by atoms with E-state index in [1.165, 1.54) is 23.1 Å². The molecule has 0 bridgehead atoms. The fourth-order valence-corrected chi connectivity index (χ4v) is 5.88. The SMILES string of the molecule is Cc1ccc(S(=O)(=O)N(CC(=O)N(Cc2ccc(Cl)cc2Cl)C(C)C(=O)NC(C)C)c2cccc(Cl)c2)cc1. The maximum absolute atomic E-state index is 13.9. The summed E-state index contributed by atoms with van der Waals surface area (Å²) in [5.74, 6) is -0.998. The van der Waals surface area contributed by atoms with E-state index in [-0.39, 0.29) is 29.1 Å². The number of halogens is 3. The molecule has 0 aliphatic heterocycles. The van der Waals surface area contributed by atoms with Crippen LogP contribution in [0.4, 0.5) is 5.69 Å². The van der Waals surface area contributed by atoms with Gasteiger partial charge in [-0.1, -0.05) is 64.6 Å². The Hall–Kier alpha value is -2.78. The van der Waals surface area contributed by atoms with E-state index in [4.69, 9.17) is 34.8 Å². The lowest BCUT2D eigenvalue weighted by atomic mass is 10.1. The first-order chi connectivity index (χ1) is 18.3. The number of rotatable bonds is 10. The molecule has 0 aromatic heterocycles. The van der Waals surface area contributed by atoms with Gasteiger partial charge in [0.15, 0.2) is 0 Å². The standard InChI is InChI=1S/C28H30Cl3N3O4S/c1-18(2)32-28(36)20(4)33(16-21-10-11-23(30)15-26(21)31)27(35)17-34(24-7-5-6-22(29)14-24)39(37,38)25-12-8-19(3)9-13-25/h5-15,18,20H,16-17H2,1-4H3,(H,32,36). The molecule has 11 heteroatoms. The Labute approximate surface area is 244 Å². The van der Waals surface area contributed by atoms with Crippen molar-refractivity contribution in [3.05, 3.63) is 92.9 Å². The number of aryl methyl sites for hydroxylation is 1. The number of nitrogens with one attached hydrogen (secondary N) is 1. The van der Waals surface area contributed by atoms with Gasteiger partial charge in [0.05, 0.1) is 10.6 Å². The largest absolute Gasteiger partial charge is 0.352 e. The first-order valence-electron chi connectivity index (χ1n) is 12.2. The zero-order chi connectivity index (χ0) is 28.9. The number of carbonyl (C=O) groups excluding carboxylic acids is 2. The fourth-order valence-electron chi connectivity index (χ4n) is 3.82. The van der Waals surface area contributed by atoms with E-state index >= 15 is 0 Å². The van der Waals surface area contributed by atoms with Gasteiger partial charge in [0.2, 0.25) is 11.8 Å². The highest BCUT2D eigenvalue weighted by atomic mass is 35.5. The van der Waals surface area contributed by atoms with Gasteiger partial charge in [-0.05, 0) is 75.7 Å². The van der Waals surface area contributed by atoms with Gasteiger partial charge in [-0.2, -0.15) is 0 Å². The number of hydrogen-bond acceptors (Lipinski definition) is 4. The highest BCUT2D eigenvalue weighted by molar-refractivity contribution is 7.92. The lowest BCUT2D eigenvalue weighted by Crippen LogP contribution is -2.52. The third-order valence-electron chi connectivity index (χ3n) is 5.94. The summed E-state index contributed by atoms with van der Waals surface area (Å²) in [6, 6.07) is 16.3. The van der Waals surface area contributed by atoms with Crippen molar-refractivity contribution >= 4 is 62.3 Å². The topological polar surface area (TPSA) is 86.8 Å². The van der Waals surface area contributed by atoms with E-state index in [0.29, 0.717) is 20.6 Å². The molecule has 208 valence electrons. The summed E-state index contributed by atoms with van der Waals surface area (Å²) in [5, 5.41) is 3.84. The second-order valence-electron chi connectivity index (χ2n) is 9.40. The molecule has 0 spiro atoms. The summed E-state index contributed by atoms with van der Waals surface area (Å²) in [5.41, 5.74) is 1.64. The van der Waals surface area contributed by atoms with Crippen molar-refractivity contribution in [1.82, 2.24) is 10.2 Å². The van der Waals surface area contributed by atoms with Crippen molar-refractivity contribution < 1.29 is 18.0 Å². The van der Waals surface area contributed by atoms with Gasteiger partial charge < -0.3 is 10.2 Å². The predicted molar refractivity (Wildman–Crippen MR) is 157 cm³/mol. The molecule has 0 heterocycles. The smallest absolute Gasteiger partial charge is 0.264 e. The highest BCUT2D eigenvalue weighted by Gasteiger charge is 2.33. The first-order valence-corrected chi connectivity index (χ1v) is 14.8. The van der Waals surface area contributed by atoms with Crippen LogP contribution in [0, 0.1) is 6.92 Å². The molecule has 0 radical (unpaired) electrons. The van der Waals surface area contributed by atoms with Gasteiger partial charge in [0.1, 0.15) is 12.6 Å². The fraction of sp³-hybridized carbons (Fsp3) is 0.286. The summed E-state index contributed by atoms with van der Waals surface area (Å²) < 4.78 is 28.6. The molecule has 0 fully saturated rings. The Morgan fingerprint density at radius 1 is 0.897 bits per heavy atom. The van der Waals surface area contributed by atoms with Gasteiger partial charge in [-0.3, -0.25) is 13.9 Å². The quantitative estimate of drug-likeness (QED) is 0.301. The molecular weight excluding hydrogens is 581 g/mol. The minimum Gasteiger partial charge on any atom is -0.352 e. The number of hydrogen-bond donors (Lipinski definition) is 1. The van der Waals surface area contributed by atoms with Crippen molar-refractivity contribution in [1.29, 1.82) is 0 Å². The molecular formula is C28H30Cl3N3O4S. The maximum atomic E-state index is 13.9. The number of amides is 2. The lowest BCUT2D eigenvalue weighted by molar-refractivity contribution is -0.139. The zero-order valence-corrected chi connectivity index (χ0v) is 25.1. The monoisotopic (exact) mass is 609 g/mol. The minimum atomic E-state index is -4.18. The van der Waals surface area contributed by atoms with E-state index in [2.05, 4.69) is 5.32 Å². The van der Waals surface area contributed by atoms with Crippen LogP contribution in [0.25, 0.3) is 0 Å². The van der Waals surface area contributed by atoms with Crippen LogP contribution < -0.4 is 9.62 Å². The van der Waals surface area contributed by atoms with Gasteiger partial charge in [0.25, 0.3) is 10.0 Å². The Morgan fingerprint density at radius 3 is 2.13 bits per heavy atom. The number of carbonyl (C=O) groups is 2. The van der Waals surface area contributed by atoms with E-state index < -0.39 is 28.5 Å². The molecule has 2 amide bonds. The molecule has 39 heavy (non-hydrogen) atoms. The molecule has 0 saturated heterocycles. The molecule has 1 atom stereocenters. The first kappa shape index (κ1) is 30.8. The Balaban J connectivity index is 2.05. The molecule has 7 nitrogen and oxygen atoms in total. The van der Waals surface area contributed by atoms with E-state index in [1.54, 1.807) is 55.5 Å². The van der Waals surface area contributed by atoms with Crippen LogP contribution in [0.2, 0.25) is 15.1 Å². The molecule has 0 saturated carbocycles. The molecule has 3 aromatic rings. The van der Waals surface area contributed by atoms with Gasteiger partial charge in [0, 0.05) is 27.7 Å². The van der Waals surface area contributed by atoms with Gasteiger partial charge in [-0.25, -0.2) is 8.42 Å². The van der Waals surface area contributed by atoms with Gasteiger partial charge in [-0.15, -0.1) is 0 Å². The number of sulfonamides is 1. The summed E-state index contributed by atoms with van der Waals surface area (Å²) in [4.78, 5) is 28.2. The minimum absolute atomic E-state index is 0.0128. The van der Waals surface area contributed by atoms with Crippen molar-refractivity contribution in [3.8, 4) is 0 Å².